The molecule has 1 aliphatic rings. The van der Waals surface area contributed by atoms with Gasteiger partial charge in [0.15, 0.2) is 0 Å². The molecule has 0 spiro atoms. The SMILES string of the molecule is CCN(Cc1ccccc1)C(=O)C1CC(O)CN1. The van der Waals surface area contributed by atoms with Crippen molar-refractivity contribution >= 4 is 5.91 Å². The fourth-order valence-corrected chi connectivity index (χ4v) is 2.27. The predicted molar refractivity (Wildman–Crippen MR) is 69.9 cm³/mol. The maximum absolute atomic E-state index is 12.3. The molecule has 1 saturated heterocycles. The Morgan fingerprint density at radius 2 is 2.17 bits per heavy atom. The molecule has 0 saturated carbocycles. The largest absolute Gasteiger partial charge is 0.392 e. The van der Waals surface area contributed by atoms with Crippen molar-refractivity contribution < 1.29 is 9.90 Å². The van der Waals surface area contributed by atoms with E-state index in [2.05, 4.69) is 5.32 Å². The van der Waals surface area contributed by atoms with E-state index in [0.717, 1.165) is 5.56 Å². The summed E-state index contributed by atoms with van der Waals surface area (Å²) < 4.78 is 0. The van der Waals surface area contributed by atoms with Gasteiger partial charge in [-0.15, -0.1) is 0 Å². The van der Waals surface area contributed by atoms with Crippen LogP contribution < -0.4 is 5.32 Å². The lowest BCUT2D eigenvalue weighted by atomic mass is 10.1. The second-order valence-electron chi connectivity index (χ2n) is 4.69. The Morgan fingerprint density at radius 1 is 1.44 bits per heavy atom. The van der Waals surface area contributed by atoms with Crippen LogP contribution >= 0.6 is 0 Å². The van der Waals surface area contributed by atoms with Gasteiger partial charge in [0.2, 0.25) is 5.91 Å². The van der Waals surface area contributed by atoms with Crippen LogP contribution in [0.3, 0.4) is 0 Å². The first kappa shape index (κ1) is 13.1. The average Bonchev–Trinajstić information content (AvgIpc) is 2.83. The summed E-state index contributed by atoms with van der Waals surface area (Å²) in [6.07, 6.45) is 0.124. The van der Waals surface area contributed by atoms with E-state index >= 15 is 0 Å². The third-order valence-corrected chi connectivity index (χ3v) is 3.32. The molecule has 0 radical (unpaired) electrons. The molecule has 1 heterocycles. The molecular formula is C14H20N2O2. The minimum absolute atomic E-state index is 0.0814. The smallest absolute Gasteiger partial charge is 0.240 e. The topological polar surface area (TPSA) is 52.6 Å². The maximum atomic E-state index is 12.3. The van der Waals surface area contributed by atoms with E-state index in [1.807, 2.05) is 42.2 Å². The average molecular weight is 248 g/mol. The van der Waals surface area contributed by atoms with E-state index in [-0.39, 0.29) is 11.9 Å². The van der Waals surface area contributed by atoms with Crippen molar-refractivity contribution in [3.8, 4) is 0 Å². The molecule has 2 unspecified atom stereocenters. The Morgan fingerprint density at radius 3 is 2.72 bits per heavy atom. The molecule has 18 heavy (non-hydrogen) atoms. The standard InChI is InChI=1S/C14H20N2O2/c1-2-16(10-11-6-4-3-5-7-11)14(18)13-8-12(17)9-15-13/h3-7,12-13,15,17H,2,8-10H2,1H3. The van der Waals surface area contributed by atoms with Crippen LogP contribution in [0, 0.1) is 0 Å². The number of aliphatic hydroxyl groups is 1. The van der Waals surface area contributed by atoms with Crippen LogP contribution in [0.2, 0.25) is 0 Å². The lowest BCUT2D eigenvalue weighted by molar-refractivity contribution is -0.133. The zero-order valence-corrected chi connectivity index (χ0v) is 10.7. The van der Waals surface area contributed by atoms with Crippen molar-refractivity contribution in [2.45, 2.75) is 32.0 Å². The van der Waals surface area contributed by atoms with Gasteiger partial charge in [0, 0.05) is 19.6 Å². The molecule has 2 rings (SSSR count). The summed E-state index contributed by atoms with van der Waals surface area (Å²) in [7, 11) is 0. The zero-order valence-electron chi connectivity index (χ0n) is 10.7. The monoisotopic (exact) mass is 248 g/mol. The summed E-state index contributed by atoms with van der Waals surface area (Å²) in [5.74, 6) is 0.0814. The summed E-state index contributed by atoms with van der Waals surface area (Å²) in [5, 5.41) is 12.5. The van der Waals surface area contributed by atoms with Gasteiger partial charge in [-0.1, -0.05) is 30.3 Å². The molecule has 2 N–H and O–H groups in total. The number of nitrogens with one attached hydrogen (secondary N) is 1. The maximum Gasteiger partial charge on any atom is 0.240 e. The number of carbonyl (C=O) groups is 1. The van der Waals surface area contributed by atoms with Crippen LogP contribution in [0.1, 0.15) is 18.9 Å². The first-order valence-corrected chi connectivity index (χ1v) is 6.45. The number of rotatable bonds is 4. The molecule has 1 aromatic rings. The first-order valence-electron chi connectivity index (χ1n) is 6.45. The zero-order chi connectivity index (χ0) is 13.0. The molecule has 0 aliphatic carbocycles. The van der Waals surface area contributed by atoms with Crippen molar-refractivity contribution in [3.05, 3.63) is 35.9 Å². The number of likely N-dealkylation sites (N-methyl/N-ethyl adjacent to an activating group) is 1. The summed E-state index contributed by atoms with van der Waals surface area (Å²) in [6.45, 7) is 3.80. The van der Waals surface area contributed by atoms with Crippen LogP contribution in [-0.2, 0) is 11.3 Å². The number of carbonyl (C=O) groups excluding carboxylic acids is 1. The molecule has 1 aromatic carbocycles. The normalized spacial score (nSPS) is 23.0. The van der Waals surface area contributed by atoms with E-state index < -0.39 is 6.10 Å². The molecule has 0 aromatic heterocycles. The Kier molecular flexibility index (Phi) is 4.33. The molecule has 0 bridgehead atoms. The van der Waals surface area contributed by atoms with Gasteiger partial charge in [0.25, 0.3) is 0 Å². The van der Waals surface area contributed by atoms with Crippen molar-refractivity contribution in [1.82, 2.24) is 10.2 Å². The second kappa shape index (κ2) is 5.98. The Labute approximate surface area is 108 Å². The highest BCUT2D eigenvalue weighted by Crippen LogP contribution is 2.12. The van der Waals surface area contributed by atoms with Gasteiger partial charge in [0.1, 0.15) is 0 Å². The predicted octanol–water partition coefficient (Wildman–Crippen LogP) is 0.758. The molecule has 1 aliphatic heterocycles. The van der Waals surface area contributed by atoms with E-state index in [1.165, 1.54) is 0 Å². The van der Waals surface area contributed by atoms with E-state index in [1.54, 1.807) is 0 Å². The first-order chi connectivity index (χ1) is 8.70. The fraction of sp³-hybridized carbons (Fsp3) is 0.500. The Balaban J connectivity index is 1.98. The lowest BCUT2D eigenvalue weighted by Gasteiger charge is -2.24. The van der Waals surface area contributed by atoms with Crippen LogP contribution in [0.15, 0.2) is 30.3 Å². The van der Waals surface area contributed by atoms with Gasteiger partial charge in [0.05, 0.1) is 12.1 Å². The highest BCUT2D eigenvalue weighted by molar-refractivity contribution is 5.82. The number of amides is 1. The molecule has 98 valence electrons. The second-order valence-corrected chi connectivity index (χ2v) is 4.69. The van der Waals surface area contributed by atoms with Crippen molar-refractivity contribution in [1.29, 1.82) is 0 Å². The summed E-state index contributed by atoms with van der Waals surface area (Å²) in [5.41, 5.74) is 1.13. The van der Waals surface area contributed by atoms with Crippen molar-refractivity contribution in [2.75, 3.05) is 13.1 Å². The Bertz CT molecular complexity index is 394. The molecule has 1 fully saturated rings. The van der Waals surface area contributed by atoms with Gasteiger partial charge in [-0.2, -0.15) is 0 Å². The van der Waals surface area contributed by atoms with Gasteiger partial charge >= 0.3 is 0 Å². The van der Waals surface area contributed by atoms with Crippen LogP contribution in [-0.4, -0.2) is 41.1 Å². The van der Waals surface area contributed by atoms with Crippen molar-refractivity contribution in [2.24, 2.45) is 0 Å². The van der Waals surface area contributed by atoms with E-state index in [9.17, 15) is 9.90 Å². The van der Waals surface area contributed by atoms with Gasteiger partial charge in [-0.05, 0) is 18.9 Å². The quantitative estimate of drug-likeness (QED) is 0.827. The molecule has 2 atom stereocenters. The van der Waals surface area contributed by atoms with Crippen LogP contribution in [0.4, 0.5) is 0 Å². The summed E-state index contributed by atoms with van der Waals surface area (Å²) in [4.78, 5) is 14.1. The number of benzene rings is 1. The number of hydrogen-bond donors (Lipinski definition) is 2. The minimum Gasteiger partial charge on any atom is -0.392 e. The highest BCUT2D eigenvalue weighted by Gasteiger charge is 2.30. The van der Waals surface area contributed by atoms with Crippen molar-refractivity contribution in [3.63, 3.8) is 0 Å². The fourth-order valence-electron chi connectivity index (χ4n) is 2.27. The Hall–Kier alpha value is -1.39. The third-order valence-electron chi connectivity index (χ3n) is 3.32. The van der Waals surface area contributed by atoms with Gasteiger partial charge in [-0.25, -0.2) is 0 Å². The van der Waals surface area contributed by atoms with Crippen LogP contribution in [0.5, 0.6) is 0 Å². The number of aliphatic hydroxyl groups excluding tert-OH is 1. The molecule has 4 heteroatoms. The number of hydrogen-bond acceptors (Lipinski definition) is 3. The van der Waals surface area contributed by atoms with Crippen LogP contribution in [0.25, 0.3) is 0 Å². The van der Waals surface area contributed by atoms with E-state index in [0.29, 0.717) is 26.1 Å². The highest BCUT2D eigenvalue weighted by atomic mass is 16.3. The third kappa shape index (κ3) is 3.09. The minimum atomic E-state index is -0.394. The number of nitrogens with zero attached hydrogens (tertiary/aromatic N) is 1. The summed E-state index contributed by atoms with van der Waals surface area (Å²) >= 11 is 0. The molecule has 1 amide bonds. The lowest BCUT2D eigenvalue weighted by Crippen LogP contribution is -2.43. The van der Waals surface area contributed by atoms with Gasteiger partial charge in [-0.3, -0.25) is 4.79 Å². The summed E-state index contributed by atoms with van der Waals surface area (Å²) in [6, 6.07) is 9.73. The van der Waals surface area contributed by atoms with Gasteiger partial charge < -0.3 is 15.3 Å². The molecule has 4 nitrogen and oxygen atoms in total. The number of β-amino-alcohol motifs (C(OH)–C–C–N with tert-alkyl or cyclic N) is 1. The van der Waals surface area contributed by atoms with E-state index in [4.69, 9.17) is 0 Å². The molecular weight excluding hydrogens is 228 g/mol.